The van der Waals surface area contributed by atoms with Gasteiger partial charge in [0.05, 0.1) is 13.2 Å². The lowest BCUT2D eigenvalue weighted by Crippen LogP contribution is -2.19. The fraction of sp³-hybridized carbons (Fsp3) is 0.500. The molecular weight excluding hydrogens is 280 g/mol. The maximum absolute atomic E-state index is 12.2. The van der Waals surface area contributed by atoms with Gasteiger partial charge in [-0.05, 0) is 25.5 Å². The molecule has 0 amide bonds. The minimum atomic E-state index is -3.75. The molecule has 20 heavy (non-hydrogen) atoms. The molecule has 0 heterocycles. The van der Waals surface area contributed by atoms with Gasteiger partial charge in [-0.15, -0.1) is 0 Å². The van der Waals surface area contributed by atoms with Crippen molar-refractivity contribution in [1.82, 2.24) is 0 Å². The van der Waals surface area contributed by atoms with Crippen LogP contribution >= 0.6 is 0 Å². The van der Waals surface area contributed by atoms with Crippen LogP contribution in [0.15, 0.2) is 29.2 Å². The smallest absolute Gasteiger partial charge is 0.321 e. The number of ether oxygens (including phenoxy) is 2. The molecule has 1 rings (SSSR count). The first kappa shape index (κ1) is 16.5. The van der Waals surface area contributed by atoms with E-state index in [4.69, 9.17) is 4.74 Å². The molecule has 0 radical (unpaired) electrons. The Balaban J connectivity index is 2.91. The van der Waals surface area contributed by atoms with Crippen molar-refractivity contribution < 1.29 is 22.7 Å². The highest BCUT2D eigenvalue weighted by molar-refractivity contribution is 7.92. The van der Waals surface area contributed by atoms with Crippen LogP contribution in [0.2, 0.25) is 0 Å². The summed E-state index contributed by atoms with van der Waals surface area (Å²) in [4.78, 5) is 11.4. The van der Waals surface area contributed by atoms with Gasteiger partial charge in [-0.1, -0.05) is 25.5 Å². The molecule has 0 aliphatic heterocycles. The van der Waals surface area contributed by atoms with E-state index in [1.54, 1.807) is 25.1 Å². The average Bonchev–Trinajstić information content (AvgIpc) is 2.39. The molecule has 0 fully saturated rings. The van der Waals surface area contributed by atoms with E-state index < -0.39 is 21.6 Å². The zero-order valence-corrected chi connectivity index (χ0v) is 12.6. The molecule has 0 bridgehead atoms. The number of para-hydroxylation sites is 1. The first-order chi connectivity index (χ1) is 9.51. The maximum atomic E-state index is 12.2. The van der Waals surface area contributed by atoms with Crippen LogP contribution in [0, 0.1) is 0 Å². The summed E-state index contributed by atoms with van der Waals surface area (Å²) in [7, 11) is -3.75. The molecule has 0 spiro atoms. The summed E-state index contributed by atoms with van der Waals surface area (Å²) in [6.45, 7) is 4.25. The molecule has 0 unspecified atom stereocenters. The number of esters is 1. The van der Waals surface area contributed by atoms with E-state index in [9.17, 15) is 13.2 Å². The van der Waals surface area contributed by atoms with Crippen molar-refractivity contribution in [1.29, 1.82) is 0 Å². The number of sulfone groups is 1. The van der Waals surface area contributed by atoms with Gasteiger partial charge in [-0.25, -0.2) is 8.42 Å². The van der Waals surface area contributed by atoms with Crippen LogP contribution in [-0.2, 0) is 19.4 Å². The summed E-state index contributed by atoms with van der Waals surface area (Å²) in [6.07, 6.45) is 1.80. The topological polar surface area (TPSA) is 69.7 Å². The van der Waals surface area contributed by atoms with Crippen molar-refractivity contribution >= 4 is 15.8 Å². The predicted octanol–water partition coefficient (Wildman–Crippen LogP) is 2.20. The molecule has 0 N–H and O–H groups in total. The molecular formula is C14H20O5S. The van der Waals surface area contributed by atoms with E-state index in [0.717, 1.165) is 12.8 Å². The Hall–Kier alpha value is -1.56. The molecule has 0 aliphatic rings. The monoisotopic (exact) mass is 300 g/mol. The van der Waals surface area contributed by atoms with Gasteiger partial charge in [0.1, 0.15) is 10.6 Å². The Morgan fingerprint density at radius 1 is 1.20 bits per heavy atom. The van der Waals surface area contributed by atoms with Gasteiger partial charge in [0.25, 0.3) is 0 Å². The van der Waals surface area contributed by atoms with E-state index in [0.29, 0.717) is 6.61 Å². The molecule has 0 saturated carbocycles. The fourth-order valence-electron chi connectivity index (χ4n) is 1.59. The number of carbonyl (C=O) groups excluding carboxylic acids is 1. The number of benzene rings is 1. The van der Waals surface area contributed by atoms with Crippen LogP contribution in [0.5, 0.6) is 5.75 Å². The molecule has 112 valence electrons. The van der Waals surface area contributed by atoms with E-state index >= 15 is 0 Å². The van der Waals surface area contributed by atoms with Gasteiger partial charge in [-0.3, -0.25) is 4.79 Å². The zero-order valence-electron chi connectivity index (χ0n) is 11.8. The quantitative estimate of drug-likeness (QED) is 0.544. The molecule has 5 nitrogen and oxygen atoms in total. The van der Waals surface area contributed by atoms with Crippen LogP contribution in [0.3, 0.4) is 0 Å². The predicted molar refractivity (Wildman–Crippen MR) is 75.5 cm³/mol. The third-order valence-corrected chi connectivity index (χ3v) is 4.18. The largest absolute Gasteiger partial charge is 0.492 e. The molecule has 0 aromatic heterocycles. The molecule has 1 aromatic carbocycles. The molecule has 0 saturated heterocycles. The number of carbonyl (C=O) groups is 1. The van der Waals surface area contributed by atoms with Gasteiger partial charge in [0.2, 0.25) is 0 Å². The first-order valence-corrected chi connectivity index (χ1v) is 8.26. The van der Waals surface area contributed by atoms with Gasteiger partial charge in [0, 0.05) is 0 Å². The normalized spacial score (nSPS) is 11.1. The molecule has 6 heteroatoms. The number of unbranched alkanes of at least 4 members (excludes halogenated alkanes) is 1. The number of hydrogen-bond acceptors (Lipinski definition) is 5. The summed E-state index contributed by atoms with van der Waals surface area (Å²) >= 11 is 0. The Kier molecular flexibility index (Phi) is 6.51. The summed E-state index contributed by atoms with van der Waals surface area (Å²) in [5, 5.41) is 0. The van der Waals surface area contributed by atoms with Crippen molar-refractivity contribution in [3.63, 3.8) is 0 Å². The van der Waals surface area contributed by atoms with E-state index in [1.165, 1.54) is 6.07 Å². The Labute approximate surface area is 119 Å². The molecule has 0 aliphatic carbocycles. The second kappa shape index (κ2) is 7.89. The summed E-state index contributed by atoms with van der Waals surface area (Å²) in [6, 6.07) is 6.33. The van der Waals surface area contributed by atoms with Gasteiger partial charge < -0.3 is 9.47 Å². The SMILES string of the molecule is CCCCOc1ccccc1S(=O)(=O)CC(=O)OCC. The van der Waals surface area contributed by atoms with Gasteiger partial charge in [-0.2, -0.15) is 0 Å². The Morgan fingerprint density at radius 2 is 1.90 bits per heavy atom. The van der Waals surface area contributed by atoms with Crippen molar-refractivity contribution in [2.45, 2.75) is 31.6 Å². The lowest BCUT2D eigenvalue weighted by molar-refractivity contribution is -0.139. The lowest BCUT2D eigenvalue weighted by Gasteiger charge is -2.11. The van der Waals surface area contributed by atoms with Gasteiger partial charge in [0.15, 0.2) is 15.6 Å². The van der Waals surface area contributed by atoms with Crippen molar-refractivity contribution in [2.24, 2.45) is 0 Å². The second-order valence-electron chi connectivity index (χ2n) is 4.21. The third kappa shape index (κ3) is 4.85. The van der Waals surface area contributed by atoms with Crippen LogP contribution < -0.4 is 4.74 Å². The summed E-state index contributed by atoms with van der Waals surface area (Å²) < 4.78 is 34.5. The van der Waals surface area contributed by atoms with Crippen molar-refractivity contribution in [3.8, 4) is 5.75 Å². The highest BCUT2D eigenvalue weighted by atomic mass is 32.2. The molecule has 0 atom stereocenters. The van der Waals surface area contributed by atoms with E-state index in [1.807, 2.05) is 6.92 Å². The average molecular weight is 300 g/mol. The zero-order chi connectivity index (χ0) is 15.0. The minimum Gasteiger partial charge on any atom is -0.492 e. The van der Waals surface area contributed by atoms with Crippen molar-refractivity contribution in [3.05, 3.63) is 24.3 Å². The van der Waals surface area contributed by atoms with Crippen LogP contribution in [0.25, 0.3) is 0 Å². The first-order valence-electron chi connectivity index (χ1n) is 6.61. The summed E-state index contributed by atoms with van der Waals surface area (Å²) in [5.74, 6) is -1.14. The fourth-order valence-corrected chi connectivity index (χ4v) is 2.86. The Bertz CT molecular complexity index is 536. The van der Waals surface area contributed by atoms with Crippen LogP contribution in [0.4, 0.5) is 0 Å². The highest BCUT2D eigenvalue weighted by Crippen LogP contribution is 2.24. The molecule has 1 aromatic rings. The van der Waals surface area contributed by atoms with E-state index in [2.05, 4.69) is 4.74 Å². The standard InChI is InChI=1S/C14H20O5S/c1-3-5-10-19-12-8-6-7-9-13(12)20(16,17)11-14(15)18-4-2/h6-9H,3-5,10-11H2,1-2H3. The number of rotatable bonds is 8. The van der Waals surface area contributed by atoms with Crippen molar-refractivity contribution in [2.75, 3.05) is 19.0 Å². The van der Waals surface area contributed by atoms with E-state index in [-0.39, 0.29) is 17.3 Å². The lowest BCUT2D eigenvalue weighted by atomic mass is 10.3. The minimum absolute atomic E-state index is 0.0316. The maximum Gasteiger partial charge on any atom is 0.321 e. The van der Waals surface area contributed by atoms with Crippen LogP contribution in [0.1, 0.15) is 26.7 Å². The number of hydrogen-bond donors (Lipinski definition) is 0. The van der Waals surface area contributed by atoms with Crippen LogP contribution in [-0.4, -0.2) is 33.4 Å². The third-order valence-electron chi connectivity index (χ3n) is 2.55. The second-order valence-corrected chi connectivity index (χ2v) is 6.17. The van der Waals surface area contributed by atoms with Gasteiger partial charge >= 0.3 is 5.97 Å². The Morgan fingerprint density at radius 3 is 2.55 bits per heavy atom. The summed E-state index contributed by atoms with van der Waals surface area (Å²) in [5.41, 5.74) is 0. The highest BCUT2D eigenvalue weighted by Gasteiger charge is 2.23.